The van der Waals surface area contributed by atoms with Crippen LogP contribution in [0.5, 0.6) is 0 Å². The molecule has 0 radical (unpaired) electrons. The number of hydrogen-bond acceptors (Lipinski definition) is 3. The number of hydrogen-bond donors (Lipinski definition) is 1. The van der Waals surface area contributed by atoms with Crippen LogP contribution in [-0.4, -0.2) is 48.9 Å². The van der Waals surface area contributed by atoms with E-state index in [1.807, 2.05) is 20.2 Å². The number of carbonyl (C=O) groups excluding carboxylic acids is 1. The number of amides is 1. The molecule has 21 heavy (non-hydrogen) atoms. The van der Waals surface area contributed by atoms with Crippen molar-refractivity contribution in [3.63, 3.8) is 0 Å². The Hall–Kier alpha value is -0.810. The van der Waals surface area contributed by atoms with E-state index >= 15 is 0 Å². The third-order valence-corrected chi connectivity index (χ3v) is 3.83. The smallest absolute Gasteiger partial charge is 0.239 e. The predicted molar refractivity (Wildman–Crippen MR) is 88.7 cm³/mol. The maximum absolute atomic E-state index is 12.2. The normalized spacial score (nSPS) is 12.5. The number of benzene rings is 1. The van der Waals surface area contributed by atoms with Crippen molar-refractivity contribution in [3.8, 4) is 0 Å². The Morgan fingerprint density at radius 1 is 1.24 bits per heavy atom. The first kappa shape index (κ1) is 18.2. The first-order valence-electron chi connectivity index (χ1n) is 6.94. The lowest BCUT2D eigenvalue weighted by atomic mass is 10.2. The van der Waals surface area contributed by atoms with Gasteiger partial charge in [-0.05, 0) is 51.7 Å². The van der Waals surface area contributed by atoms with Gasteiger partial charge in [0.15, 0.2) is 0 Å². The van der Waals surface area contributed by atoms with Crippen LogP contribution in [0.3, 0.4) is 0 Å². The molecule has 1 rings (SSSR count). The molecule has 6 heteroatoms. The zero-order valence-electron chi connectivity index (χ0n) is 12.8. The third kappa shape index (κ3) is 6.22. The van der Waals surface area contributed by atoms with Gasteiger partial charge in [0.25, 0.3) is 0 Å². The largest absolute Gasteiger partial charge is 0.337 e. The Balaban J connectivity index is 2.75. The molecular formula is C15H23Cl2N3O. The zero-order chi connectivity index (χ0) is 16.0. The molecule has 0 aromatic heterocycles. The van der Waals surface area contributed by atoms with Crippen LogP contribution in [0.2, 0.25) is 10.0 Å². The standard InChI is InChI=1S/C15H23Cl2N3O/c1-11(18)15(21)20(8-4-7-19(2)3)10-12-5-6-13(16)14(17)9-12/h5-6,9,11H,4,7-8,10,18H2,1-3H3. The van der Waals surface area contributed by atoms with Crippen molar-refractivity contribution in [3.05, 3.63) is 33.8 Å². The highest BCUT2D eigenvalue weighted by molar-refractivity contribution is 6.42. The van der Waals surface area contributed by atoms with Crippen molar-refractivity contribution in [1.82, 2.24) is 9.80 Å². The Kier molecular flexibility index (Phi) is 7.46. The topological polar surface area (TPSA) is 49.6 Å². The molecule has 118 valence electrons. The summed E-state index contributed by atoms with van der Waals surface area (Å²) in [5, 5.41) is 1.01. The Morgan fingerprint density at radius 2 is 1.90 bits per heavy atom. The summed E-state index contributed by atoms with van der Waals surface area (Å²) in [6.45, 7) is 3.78. The first-order chi connectivity index (χ1) is 9.81. The highest BCUT2D eigenvalue weighted by Crippen LogP contribution is 2.23. The quantitative estimate of drug-likeness (QED) is 0.835. The van der Waals surface area contributed by atoms with E-state index in [0.717, 1.165) is 18.5 Å². The SMILES string of the molecule is CC(N)C(=O)N(CCCN(C)C)Cc1ccc(Cl)c(Cl)c1. The highest BCUT2D eigenvalue weighted by atomic mass is 35.5. The van der Waals surface area contributed by atoms with E-state index in [1.165, 1.54) is 0 Å². The summed E-state index contributed by atoms with van der Waals surface area (Å²) in [7, 11) is 4.02. The maximum atomic E-state index is 12.2. The van der Waals surface area contributed by atoms with E-state index in [0.29, 0.717) is 23.1 Å². The minimum atomic E-state index is -0.507. The van der Waals surface area contributed by atoms with Crippen LogP contribution in [0.4, 0.5) is 0 Å². The fourth-order valence-electron chi connectivity index (χ4n) is 1.99. The van der Waals surface area contributed by atoms with Gasteiger partial charge in [-0.2, -0.15) is 0 Å². The first-order valence-corrected chi connectivity index (χ1v) is 7.70. The Labute approximate surface area is 136 Å². The van der Waals surface area contributed by atoms with Gasteiger partial charge in [0.2, 0.25) is 5.91 Å². The molecule has 1 atom stereocenters. The van der Waals surface area contributed by atoms with Crippen molar-refractivity contribution in [2.24, 2.45) is 5.73 Å². The van der Waals surface area contributed by atoms with Crippen LogP contribution >= 0.6 is 23.2 Å². The molecule has 0 bridgehead atoms. The molecule has 0 aliphatic carbocycles. The molecule has 0 heterocycles. The fourth-order valence-corrected chi connectivity index (χ4v) is 2.31. The van der Waals surface area contributed by atoms with Crippen LogP contribution in [0.1, 0.15) is 18.9 Å². The molecule has 0 saturated heterocycles. The minimum absolute atomic E-state index is 0.0557. The van der Waals surface area contributed by atoms with E-state index in [1.54, 1.807) is 24.0 Å². The van der Waals surface area contributed by atoms with Crippen molar-refractivity contribution >= 4 is 29.1 Å². The van der Waals surface area contributed by atoms with Gasteiger partial charge in [-0.25, -0.2) is 0 Å². The molecule has 0 aliphatic heterocycles. The van der Waals surface area contributed by atoms with Crippen molar-refractivity contribution in [2.75, 3.05) is 27.2 Å². The average molecular weight is 332 g/mol. The van der Waals surface area contributed by atoms with E-state index in [2.05, 4.69) is 4.90 Å². The van der Waals surface area contributed by atoms with Crippen LogP contribution in [0.25, 0.3) is 0 Å². The zero-order valence-corrected chi connectivity index (χ0v) is 14.3. The second kappa shape index (κ2) is 8.59. The Bertz CT molecular complexity index is 478. The summed E-state index contributed by atoms with van der Waals surface area (Å²) in [6.07, 6.45) is 0.896. The second-order valence-electron chi connectivity index (χ2n) is 5.45. The summed E-state index contributed by atoms with van der Waals surface area (Å²) in [5.41, 5.74) is 6.67. The van der Waals surface area contributed by atoms with E-state index in [-0.39, 0.29) is 5.91 Å². The summed E-state index contributed by atoms with van der Waals surface area (Å²) in [6, 6.07) is 4.90. The van der Waals surface area contributed by atoms with Crippen molar-refractivity contribution in [2.45, 2.75) is 25.9 Å². The average Bonchev–Trinajstić information content (AvgIpc) is 2.40. The molecule has 1 aromatic carbocycles. The summed E-state index contributed by atoms with van der Waals surface area (Å²) in [5.74, 6) is -0.0557. The van der Waals surface area contributed by atoms with Crippen LogP contribution in [0, 0.1) is 0 Å². The van der Waals surface area contributed by atoms with Gasteiger partial charge < -0.3 is 15.5 Å². The van der Waals surface area contributed by atoms with Gasteiger partial charge in [-0.1, -0.05) is 29.3 Å². The summed E-state index contributed by atoms with van der Waals surface area (Å²) < 4.78 is 0. The molecule has 0 fully saturated rings. The molecule has 1 amide bonds. The van der Waals surface area contributed by atoms with Gasteiger partial charge in [-0.15, -0.1) is 0 Å². The summed E-state index contributed by atoms with van der Waals surface area (Å²) >= 11 is 11.9. The molecule has 4 nitrogen and oxygen atoms in total. The molecule has 0 saturated carbocycles. The van der Waals surface area contributed by atoms with Crippen LogP contribution < -0.4 is 5.73 Å². The van der Waals surface area contributed by atoms with E-state index < -0.39 is 6.04 Å². The molecule has 0 aliphatic rings. The van der Waals surface area contributed by atoms with E-state index in [9.17, 15) is 4.79 Å². The van der Waals surface area contributed by atoms with Gasteiger partial charge >= 0.3 is 0 Å². The maximum Gasteiger partial charge on any atom is 0.239 e. The van der Waals surface area contributed by atoms with Gasteiger partial charge in [0.05, 0.1) is 16.1 Å². The number of rotatable bonds is 7. The highest BCUT2D eigenvalue weighted by Gasteiger charge is 2.17. The molecule has 1 aromatic rings. The van der Waals surface area contributed by atoms with Gasteiger partial charge in [0.1, 0.15) is 0 Å². The van der Waals surface area contributed by atoms with Crippen molar-refractivity contribution in [1.29, 1.82) is 0 Å². The third-order valence-electron chi connectivity index (χ3n) is 3.09. The molecular weight excluding hydrogens is 309 g/mol. The second-order valence-corrected chi connectivity index (χ2v) is 6.27. The number of nitrogens with two attached hydrogens (primary N) is 1. The Morgan fingerprint density at radius 3 is 2.43 bits per heavy atom. The number of carbonyl (C=O) groups is 1. The minimum Gasteiger partial charge on any atom is -0.337 e. The molecule has 1 unspecified atom stereocenters. The monoisotopic (exact) mass is 331 g/mol. The fraction of sp³-hybridized carbons (Fsp3) is 0.533. The lowest BCUT2D eigenvalue weighted by Gasteiger charge is -2.25. The predicted octanol–water partition coefficient (Wildman–Crippen LogP) is 2.62. The number of halogens is 2. The molecule has 0 spiro atoms. The van der Waals surface area contributed by atoms with Gasteiger partial charge in [0, 0.05) is 13.1 Å². The lowest BCUT2D eigenvalue weighted by molar-refractivity contribution is -0.132. The lowest BCUT2D eigenvalue weighted by Crippen LogP contribution is -2.42. The number of nitrogens with zero attached hydrogens (tertiary/aromatic N) is 2. The summed E-state index contributed by atoms with van der Waals surface area (Å²) in [4.78, 5) is 16.1. The van der Waals surface area contributed by atoms with Crippen LogP contribution in [0.15, 0.2) is 18.2 Å². The van der Waals surface area contributed by atoms with Crippen LogP contribution in [-0.2, 0) is 11.3 Å². The van der Waals surface area contributed by atoms with Crippen molar-refractivity contribution < 1.29 is 4.79 Å². The van der Waals surface area contributed by atoms with E-state index in [4.69, 9.17) is 28.9 Å². The molecule has 2 N–H and O–H groups in total. The van der Waals surface area contributed by atoms with Gasteiger partial charge in [-0.3, -0.25) is 4.79 Å².